The molecule has 0 unspecified atom stereocenters. The molecule has 2 aromatic heterocycles. The minimum atomic E-state index is -0.587. The SMILES string of the molecule is O=C(Nc1ccccn1)c1n[nH]c2ccccc2c1=O. The number of carbonyl (C=O) groups is 1. The van der Waals surface area contributed by atoms with Crippen molar-refractivity contribution in [3.8, 4) is 0 Å². The first-order valence-corrected chi connectivity index (χ1v) is 5.95. The zero-order chi connectivity index (χ0) is 13.9. The summed E-state index contributed by atoms with van der Waals surface area (Å²) in [5, 5.41) is 9.48. The molecule has 0 aliphatic rings. The minimum Gasteiger partial charge on any atom is -0.305 e. The van der Waals surface area contributed by atoms with Crippen LogP contribution in [-0.4, -0.2) is 21.1 Å². The van der Waals surface area contributed by atoms with E-state index in [1.165, 1.54) is 0 Å². The number of anilines is 1. The highest BCUT2D eigenvalue weighted by Crippen LogP contribution is 2.06. The molecule has 0 radical (unpaired) electrons. The number of para-hydroxylation sites is 1. The molecule has 0 aliphatic heterocycles. The Morgan fingerprint density at radius 1 is 1.10 bits per heavy atom. The molecule has 0 bridgehead atoms. The van der Waals surface area contributed by atoms with E-state index in [0.717, 1.165) is 0 Å². The molecule has 2 N–H and O–H groups in total. The van der Waals surface area contributed by atoms with Crippen LogP contribution in [0.5, 0.6) is 0 Å². The number of fused-ring (bicyclic) bond motifs is 1. The zero-order valence-corrected chi connectivity index (χ0v) is 10.3. The van der Waals surface area contributed by atoms with Crippen LogP contribution < -0.4 is 10.7 Å². The van der Waals surface area contributed by atoms with Gasteiger partial charge in [-0.05, 0) is 24.3 Å². The van der Waals surface area contributed by atoms with Crippen molar-refractivity contribution in [1.82, 2.24) is 15.2 Å². The number of hydrogen-bond donors (Lipinski definition) is 2. The summed E-state index contributed by atoms with van der Waals surface area (Å²) in [5.74, 6) is -0.220. The molecule has 0 saturated heterocycles. The van der Waals surface area contributed by atoms with Gasteiger partial charge in [0.2, 0.25) is 5.43 Å². The molecule has 0 fully saturated rings. The van der Waals surface area contributed by atoms with E-state index < -0.39 is 11.3 Å². The third-order valence-electron chi connectivity index (χ3n) is 2.80. The average molecular weight is 266 g/mol. The first-order chi connectivity index (χ1) is 9.75. The van der Waals surface area contributed by atoms with Gasteiger partial charge in [0, 0.05) is 11.6 Å². The molecule has 6 nitrogen and oxygen atoms in total. The monoisotopic (exact) mass is 266 g/mol. The quantitative estimate of drug-likeness (QED) is 0.737. The maximum Gasteiger partial charge on any atom is 0.281 e. The Labute approximate surface area is 113 Å². The zero-order valence-electron chi connectivity index (χ0n) is 10.3. The van der Waals surface area contributed by atoms with Crippen LogP contribution >= 0.6 is 0 Å². The van der Waals surface area contributed by atoms with Crippen molar-refractivity contribution in [3.63, 3.8) is 0 Å². The van der Waals surface area contributed by atoms with Crippen LogP contribution in [0.3, 0.4) is 0 Å². The van der Waals surface area contributed by atoms with Crippen molar-refractivity contribution in [2.75, 3.05) is 5.32 Å². The molecular weight excluding hydrogens is 256 g/mol. The van der Waals surface area contributed by atoms with E-state index >= 15 is 0 Å². The largest absolute Gasteiger partial charge is 0.305 e. The average Bonchev–Trinajstić information content (AvgIpc) is 2.49. The van der Waals surface area contributed by atoms with Crippen LogP contribution in [0.1, 0.15) is 10.5 Å². The number of aromatic amines is 1. The Morgan fingerprint density at radius 2 is 1.90 bits per heavy atom. The summed E-state index contributed by atoms with van der Waals surface area (Å²) in [5.41, 5.74) is -0.00554. The first-order valence-electron chi connectivity index (χ1n) is 5.95. The molecule has 3 rings (SSSR count). The third kappa shape index (κ3) is 2.14. The molecule has 3 aromatic rings. The number of pyridine rings is 1. The summed E-state index contributed by atoms with van der Waals surface area (Å²) >= 11 is 0. The van der Waals surface area contributed by atoms with Crippen LogP contribution in [0.4, 0.5) is 5.82 Å². The van der Waals surface area contributed by atoms with Crippen molar-refractivity contribution in [2.24, 2.45) is 0 Å². The Morgan fingerprint density at radius 3 is 2.70 bits per heavy atom. The first kappa shape index (κ1) is 12.0. The predicted octanol–water partition coefficient (Wildman–Crippen LogP) is 1.57. The fourth-order valence-corrected chi connectivity index (χ4v) is 1.84. The van der Waals surface area contributed by atoms with Gasteiger partial charge >= 0.3 is 0 Å². The third-order valence-corrected chi connectivity index (χ3v) is 2.80. The van der Waals surface area contributed by atoms with E-state index in [4.69, 9.17) is 0 Å². The number of nitrogens with zero attached hydrogens (tertiary/aromatic N) is 2. The second-order valence-electron chi connectivity index (χ2n) is 4.12. The Hall–Kier alpha value is -3.02. The molecule has 0 atom stereocenters. The van der Waals surface area contributed by atoms with E-state index in [1.807, 2.05) is 0 Å². The maximum absolute atomic E-state index is 12.2. The van der Waals surface area contributed by atoms with Gasteiger partial charge in [-0.25, -0.2) is 4.98 Å². The lowest BCUT2D eigenvalue weighted by Crippen LogP contribution is -2.24. The molecule has 0 aliphatic carbocycles. The van der Waals surface area contributed by atoms with Gasteiger partial charge in [0.25, 0.3) is 5.91 Å². The minimum absolute atomic E-state index is 0.186. The number of amides is 1. The van der Waals surface area contributed by atoms with Crippen LogP contribution in [-0.2, 0) is 0 Å². The highest BCUT2D eigenvalue weighted by Gasteiger charge is 2.15. The van der Waals surface area contributed by atoms with E-state index in [1.54, 1.807) is 48.7 Å². The van der Waals surface area contributed by atoms with Gasteiger partial charge in [-0.15, -0.1) is 0 Å². The van der Waals surface area contributed by atoms with Crippen molar-refractivity contribution in [2.45, 2.75) is 0 Å². The Kier molecular flexibility index (Phi) is 2.96. The molecule has 6 heteroatoms. The van der Waals surface area contributed by atoms with Gasteiger partial charge in [-0.3, -0.25) is 14.7 Å². The fourth-order valence-electron chi connectivity index (χ4n) is 1.84. The summed E-state index contributed by atoms with van der Waals surface area (Å²) in [6.45, 7) is 0. The number of hydrogen-bond acceptors (Lipinski definition) is 4. The summed E-state index contributed by atoms with van der Waals surface area (Å²) in [6.07, 6.45) is 1.55. The predicted molar refractivity (Wildman–Crippen MR) is 74.6 cm³/mol. The number of aromatic nitrogens is 3. The highest BCUT2D eigenvalue weighted by atomic mass is 16.2. The highest BCUT2D eigenvalue weighted by molar-refractivity contribution is 6.03. The second kappa shape index (κ2) is 4.93. The van der Waals surface area contributed by atoms with Crippen LogP contribution in [0, 0.1) is 0 Å². The lowest BCUT2D eigenvalue weighted by molar-refractivity contribution is 0.102. The molecule has 20 heavy (non-hydrogen) atoms. The number of H-pyrrole nitrogens is 1. The Balaban J connectivity index is 2.00. The maximum atomic E-state index is 12.2. The van der Waals surface area contributed by atoms with E-state index in [2.05, 4.69) is 20.5 Å². The van der Waals surface area contributed by atoms with E-state index in [9.17, 15) is 9.59 Å². The molecule has 1 amide bonds. The molecule has 0 saturated carbocycles. The molecule has 98 valence electrons. The van der Waals surface area contributed by atoms with Crippen molar-refractivity contribution in [1.29, 1.82) is 0 Å². The Bertz CT molecular complexity index is 827. The van der Waals surface area contributed by atoms with Gasteiger partial charge in [0.05, 0.1) is 5.52 Å². The number of rotatable bonds is 2. The standard InChI is InChI=1S/C14H10N4O2/c19-13-9-5-1-2-6-10(9)17-18-12(13)14(20)16-11-7-3-4-8-15-11/h1-8H,(H,17,19)(H,15,16,20). The van der Waals surface area contributed by atoms with Gasteiger partial charge in [0.1, 0.15) is 5.82 Å². The molecule has 0 spiro atoms. The lowest BCUT2D eigenvalue weighted by atomic mass is 10.2. The molecule has 2 heterocycles. The summed E-state index contributed by atoms with van der Waals surface area (Å²) < 4.78 is 0. The molecular formula is C14H10N4O2. The van der Waals surface area contributed by atoms with Gasteiger partial charge in [-0.1, -0.05) is 18.2 Å². The smallest absolute Gasteiger partial charge is 0.281 e. The van der Waals surface area contributed by atoms with Gasteiger partial charge in [-0.2, -0.15) is 5.10 Å². The number of benzene rings is 1. The summed E-state index contributed by atoms with van der Waals surface area (Å²) in [4.78, 5) is 28.2. The van der Waals surface area contributed by atoms with Crippen LogP contribution in [0.15, 0.2) is 53.5 Å². The normalized spacial score (nSPS) is 10.4. The summed E-state index contributed by atoms with van der Waals surface area (Å²) in [6, 6.07) is 12.0. The number of carbonyl (C=O) groups excluding carboxylic acids is 1. The van der Waals surface area contributed by atoms with E-state index in [-0.39, 0.29) is 5.69 Å². The van der Waals surface area contributed by atoms with E-state index in [0.29, 0.717) is 16.7 Å². The van der Waals surface area contributed by atoms with Crippen LogP contribution in [0.2, 0.25) is 0 Å². The number of nitrogens with one attached hydrogen (secondary N) is 2. The van der Waals surface area contributed by atoms with Crippen LogP contribution in [0.25, 0.3) is 10.9 Å². The summed E-state index contributed by atoms with van der Waals surface area (Å²) in [7, 11) is 0. The van der Waals surface area contributed by atoms with Gasteiger partial charge in [0.15, 0.2) is 5.69 Å². The fraction of sp³-hybridized carbons (Fsp3) is 0. The van der Waals surface area contributed by atoms with Crippen molar-refractivity contribution >= 4 is 22.6 Å². The topological polar surface area (TPSA) is 87.7 Å². The van der Waals surface area contributed by atoms with Crippen molar-refractivity contribution in [3.05, 3.63) is 64.6 Å². The molecule has 1 aromatic carbocycles. The van der Waals surface area contributed by atoms with Crippen molar-refractivity contribution < 1.29 is 4.79 Å². The second-order valence-corrected chi connectivity index (χ2v) is 4.12. The lowest BCUT2D eigenvalue weighted by Gasteiger charge is -2.03. The van der Waals surface area contributed by atoms with Gasteiger partial charge < -0.3 is 5.32 Å².